The van der Waals surface area contributed by atoms with E-state index in [0.717, 1.165) is 21.9 Å². The van der Waals surface area contributed by atoms with Crippen LogP contribution in [0.25, 0.3) is 11.2 Å². The fraction of sp³-hybridized carbons (Fsp3) is 0.304. The molecule has 0 saturated carbocycles. The number of aromatic nitrogens is 5. The predicted octanol–water partition coefficient (Wildman–Crippen LogP) is 2.58. The third-order valence-corrected chi connectivity index (χ3v) is 6.47. The number of nitrogens with zero attached hydrogens (tertiary/aromatic N) is 6. The summed E-state index contributed by atoms with van der Waals surface area (Å²) in [5, 5.41) is 8.11. The average molecular weight is 470 g/mol. The van der Waals surface area contributed by atoms with E-state index in [1.165, 1.54) is 30.0 Å². The average Bonchev–Trinajstić information content (AvgIpc) is 3.32. The molecule has 1 amide bonds. The first kappa shape index (κ1) is 21.9. The molecule has 0 aliphatic carbocycles. The zero-order valence-corrected chi connectivity index (χ0v) is 18.5. The predicted molar refractivity (Wildman–Crippen MR) is 117 cm³/mol. The van der Waals surface area contributed by atoms with E-state index in [0.29, 0.717) is 25.2 Å². The summed E-state index contributed by atoms with van der Waals surface area (Å²) in [6, 6.07) is 9.30. The molecule has 0 unspecified atom stereocenters. The fourth-order valence-corrected chi connectivity index (χ4v) is 4.60. The van der Waals surface area contributed by atoms with Gasteiger partial charge in [-0.2, -0.15) is 13.2 Å². The zero-order valence-electron chi connectivity index (χ0n) is 18.5. The molecular weight excluding hydrogens is 449 g/mol. The van der Waals surface area contributed by atoms with Crippen molar-refractivity contribution in [2.75, 3.05) is 13.1 Å². The van der Waals surface area contributed by atoms with E-state index < -0.39 is 22.8 Å². The first-order chi connectivity index (χ1) is 16.1. The standard InChI is InChI=1S/C23H21F3N6O2/c1-15(33)30-12-22(13-30,10-20-28-27-14-29(20)2)16-5-3-6-17(9-16)32-11-19-18(23(24,25)26)7-4-8-31(19)21(32)34/h3-9,11,14H,10,12-13H2,1-2H3. The number of amides is 1. The molecular formula is C23H21F3N6O2. The molecule has 3 aromatic heterocycles. The van der Waals surface area contributed by atoms with E-state index in [1.807, 2.05) is 17.7 Å². The number of benzene rings is 1. The molecule has 0 spiro atoms. The van der Waals surface area contributed by atoms with Crippen LogP contribution in [0.2, 0.25) is 0 Å². The lowest BCUT2D eigenvalue weighted by molar-refractivity contribution is -0.137. The van der Waals surface area contributed by atoms with Crippen molar-refractivity contribution in [2.45, 2.75) is 24.9 Å². The number of carbonyl (C=O) groups excluding carboxylic acids is 1. The van der Waals surface area contributed by atoms with Crippen LogP contribution in [0, 0.1) is 0 Å². The van der Waals surface area contributed by atoms with Crippen LogP contribution in [0.15, 0.2) is 59.9 Å². The Hall–Kier alpha value is -3.89. The van der Waals surface area contributed by atoms with Gasteiger partial charge in [-0.3, -0.25) is 13.8 Å². The number of halogens is 3. The van der Waals surface area contributed by atoms with Gasteiger partial charge in [0.15, 0.2) is 0 Å². The molecule has 1 saturated heterocycles. The summed E-state index contributed by atoms with van der Waals surface area (Å²) >= 11 is 0. The summed E-state index contributed by atoms with van der Waals surface area (Å²) in [4.78, 5) is 26.6. The van der Waals surface area contributed by atoms with Crippen molar-refractivity contribution in [3.8, 4) is 5.69 Å². The number of imidazole rings is 1. The molecule has 1 aromatic carbocycles. The van der Waals surface area contributed by atoms with Gasteiger partial charge in [0, 0.05) is 51.3 Å². The van der Waals surface area contributed by atoms with Gasteiger partial charge in [0.1, 0.15) is 12.2 Å². The van der Waals surface area contributed by atoms with Crippen molar-refractivity contribution < 1.29 is 18.0 Å². The molecule has 1 aliphatic heterocycles. The summed E-state index contributed by atoms with van der Waals surface area (Å²) in [6.45, 7) is 2.43. The van der Waals surface area contributed by atoms with Crippen molar-refractivity contribution in [3.05, 3.63) is 82.6 Å². The number of carbonyl (C=O) groups is 1. The van der Waals surface area contributed by atoms with E-state index in [-0.39, 0.29) is 11.4 Å². The van der Waals surface area contributed by atoms with Crippen molar-refractivity contribution in [2.24, 2.45) is 7.05 Å². The molecule has 0 bridgehead atoms. The molecule has 34 heavy (non-hydrogen) atoms. The van der Waals surface area contributed by atoms with Gasteiger partial charge in [-0.25, -0.2) is 4.79 Å². The molecule has 11 heteroatoms. The van der Waals surface area contributed by atoms with Crippen LogP contribution in [0.4, 0.5) is 13.2 Å². The highest BCUT2D eigenvalue weighted by Gasteiger charge is 2.46. The number of rotatable bonds is 4. The van der Waals surface area contributed by atoms with Gasteiger partial charge in [-0.1, -0.05) is 12.1 Å². The largest absolute Gasteiger partial charge is 0.418 e. The summed E-state index contributed by atoms with van der Waals surface area (Å²) in [6.07, 6.45) is 0.0595. The smallest absolute Gasteiger partial charge is 0.341 e. The SMILES string of the molecule is CC(=O)N1CC(Cc2nncn2C)(c2cccc(-n3cc4c(C(F)(F)F)cccn4c3=O)c2)C1. The Kier molecular flexibility index (Phi) is 4.88. The van der Waals surface area contributed by atoms with Crippen LogP contribution >= 0.6 is 0 Å². The lowest BCUT2D eigenvalue weighted by Gasteiger charge is -2.50. The monoisotopic (exact) mass is 470 g/mol. The number of pyridine rings is 1. The topological polar surface area (TPSA) is 77.4 Å². The third kappa shape index (κ3) is 3.47. The Morgan fingerprint density at radius 2 is 1.94 bits per heavy atom. The molecule has 4 heterocycles. The van der Waals surface area contributed by atoms with E-state index in [9.17, 15) is 22.8 Å². The summed E-state index contributed by atoms with van der Waals surface area (Å²) in [5.74, 6) is 0.703. The Balaban J connectivity index is 1.60. The molecule has 0 N–H and O–H groups in total. The number of aryl methyl sites for hydroxylation is 1. The van der Waals surface area contributed by atoms with Crippen LogP contribution in [-0.4, -0.2) is 47.6 Å². The van der Waals surface area contributed by atoms with Gasteiger partial charge < -0.3 is 9.47 Å². The quantitative estimate of drug-likeness (QED) is 0.460. The van der Waals surface area contributed by atoms with E-state index >= 15 is 0 Å². The fourth-order valence-electron chi connectivity index (χ4n) is 4.60. The van der Waals surface area contributed by atoms with E-state index in [2.05, 4.69) is 10.2 Å². The van der Waals surface area contributed by atoms with Crippen LogP contribution in [0.1, 0.15) is 23.9 Å². The lowest BCUT2D eigenvalue weighted by Crippen LogP contribution is -2.62. The minimum atomic E-state index is -4.59. The number of fused-ring (bicyclic) bond motifs is 1. The highest BCUT2D eigenvalue weighted by atomic mass is 19.4. The second-order valence-corrected chi connectivity index (χ2v) is 8.70. The Labute approximate surface area is 191 Å². The first-order valence-corrected chi connectivity index (χ1v) is 10.6. The van der Waals surface area contributed by atoms with Gasteiger partial charge in [0.2, 0.25) is 5.91 Å². The van der Waals surface area contributed by atoms with Gasteiger partial charge in [0.05, 0.1) is 16.8 Å². The maximum Gasteiger partial charge on any atom is 0.418 e. The van der Waals surface area contributed by atoms with Crippen LogP contribution in [0.3, 0.4) is 0 Å². The maximum absolute atomic E-state index is 13.5. The first-order valence-electron chi connectivity index (χ1n) is 10.6. The Bertz CT molecular complexity index is 1460. The number of likely N-dealkylation sites (tertiary alicyclic amines) is 1. The van der Waals surface area contributed by atoms with Gasteiger partial charge >= 0.3 is 11.9 Å². The van der Waals surface area contributed by atoms with E-state index in [4.69, 9.17) is 0 Å². The number of alkyl halides is 3. The second kappa shape index (κ2) is 7.57. The molecule has 0 atom stereocenters. The van der Waals surface area contributed by atoms with Gasteiger partial charge in [-0.15, -0.1) is 10.2 Å². The number of hydrogen-bond acceptors (Lipinski definition) is 4. The summed E-state index contributed by atoms with van der Waals surface area (Å²) in [5.41, 5.74) is -0.841. The summed E-state index contributed by atoms with van der Waals surface area (Å²) < 4.78 is 44.5. The van der Waals surface area contributed by atoms with Gasteiger partial charge in [0.25, 0.3) is 0 Å². The Morgan fingerprint density at radius 3 is 2.59 bits per heavy atom. The third-order valence-electron chi connectivity index (χ3n) is 6.47. The van der Waals surface area contributed by atoms with Crippen molar-refractivity contribution >= 4 is 11.4 Å². The summed E-state index contributed by atoms with van der Waals surface area (Å²) in [7, 11) is 1.84. The van der Waals surface area contributed by atoms with Crippen LogP contribution in [0.5, 0.6) is 0 Å². The molecule has 1 aliphatic rings. The lowest BCUT2D eigenvalue weighted by atomic mass is 9.70. The van der Waals surface area contributed by atoms with Crippen molar-refractivity contribution in [3.63, 3.8) is 0 Å². The minimum absolute atomic E-state index is 0.0423. The molecule has 8 nitrogen and oxygen atoms in total. The van der Waals surface area contributed by atoms with Crippen LogP contribution < -0.4 is 5.69 Å². The normalized spacial score (nSPS) is 15.5. The highest BCUT2D eigenvalue weighted by Crippen LogP contribution is 2.38. The maximum atomic E-state index is 13.5. The molecule has 1 fully saturated rings. The van der Waals surface area contributed by atoms with Gasteiger partial charge in [-0.05, 0) is 29.8 Å². The van der Waals surface area contributed by atoms with Crippen molar-refractivity contribution in [1.29, 1.82) is 0 Å². The Morgan fingerprint density at radius 1 is 1.18 bits per heavy atom. The highest BCUT2D eigenvalue weighted by molar-refractivity contribution is 5.75. The van der Waals surface area contributed by atoms with Crippen LogP contribution in [-0.2, 0) is 29.9 Å². The molecule has 4 aromatic rings. The second-order valence-electron chi connectivity index (χ2n) is 8.70. The minimum Gasteiger partial charge on any atom is -0.341 e. The molecule has 176 valence electrons. The van der Waals surface area contributed by atoms with E-state index in [1.54, 1.807) is 29.4 Å². The number of hydrogen-bond donors (Lipinski definition) is 0. The molecule has 5 rings (SSSR count). The van der Waals surface area contributed by atoms with Crippen molar-refractivity contribution in [1.82, 2.24) is 28.6 Å². The zero-order chi connectivity index (χ0) is 24.3. The molecule has 0 radical (unpaired) electrons.